The summed E-state index contributed by atoms with van der Waals surface area (Å²) in [5, 5.41) is 0. The zero-order valence-electron chi connectivity index (χ0n) is 1.99. The van der Waals surface area contributed by atoms with Gasteiger partial charge in [0.15, 0.2) is 0 Å². The first-order valence-corrected chi connectivity index (χ1v) is 0.743. The van der Waals surface area contributed by atoms with Gasteiger partial charge in [-0.1, -0.05) is 0 Å². The van der Waals surface area contributed by atoms with Gasteiger partial charge in [0.2, 0.25) is 0 Å². The van der Waals surface area contributed by atoms with Crippen LogP contribution >= 0.6 is 0 Å². The molecule has 0 aliphatic heterocycles. The molecular weight excluding hydrogens is 52.8 g/mol. The van der Waals surface area contributed by atoms with Gasteiger partial charge in [0.05, 0.1) is 0 Å². The molecule has 3 heteroatoms. The SMILES string of the molecule is [B][NH+]=C=O. The third-order valence-corrected chi connectivity index (χ3v) is 0.0589. The number of nitrogens with one attached hydrogen (secondary N) is 1. The minimum absolute atomic E-state index is 1.21. The van der Waals surface area contributed by atoms with Gasteiger partial charge in [-0.25, -0.2) is 4.90 Å². The predicted molar refractivity (Wildman–Crippen MR) is 12.4 cm³/mol. The standard InChI is InChI=1S/CHBNO/c2-3-1-4/h3H/q+1. The van der Waals surface area contributed by atoms with Gasteiger partial charge in [-0.15, -0.1) is 0 Å². The van der Waals surface area contributed by atoms with Crippen molar-refractivity contribution in [1.82, 2.24) is 0 Å². The lowest BCUT2D eigenvalue weighted by molar-refractivity contribution is -0.271. The molecule has 1 N–H and O–H groups in total. The van der Waals surface area contributed by atoms with Crippen LogP contribution in [0.5, 0.6) is 0 Å². The molecule has 0 heterocycles. The van der Waals surface area contributed by atoms with E-state index in [0.29, 0.717) is 0 Å². The van der Waals surface area contributed by atoms with Crippen LogP contribution in [0.2, 0.25) is 0 Å². The lowest BCUT2D eigenvalue weighted by Gasteiger charge is -1.23. The Labute approximate surface area is 25.0 Å². The highest BCUT2D eigenvalue weighted by Crippen LogP contribution is 0.664. The summed E-state index contributed by atoms with van der Waals surface area (Å²) in [6.07, 6.45) is 1.21. The van der Waals surface area contributed by atoms with Gasteiger partial charge in [0, 0.05) is 0 Å². The molecule has 0 aromatic rings. The summed E-state index contributed by atoms with van der Waals surface area (Å²) in [5.41, 5.74) is 0. The Bertz CT molecular complexity index is 46.0. The highest BCUT2D eigenvalue weighted by Gasteiger charge is 1.49. The average molecular weight is 53.8 g/mol. The molecule has 0 saturated carbocycles. The van der Waals surface area contributed by atoms with E-state index in [1.807, 2.05) is 0 Å². The van der Waals surface area contributed by atoms with E-state index in [-0.39, 0.29) is 0 Å². The van der Waals surface area contributed by atoms with E-state index in [1.165, 1.54) is 6.08 Å². The molecule has 0 saturated heterocycles. The van der Waals surface area contributed by atoms with Crippen LogP contribution in [-0.4, -0.2) is 14.1 Å². The molecule has 18 valence electrons. The molecule has 0 unspecified atom stereocenters. The van der Waals surface area contributed by atoms with Gasteiger partial charge in [0.1, 0.15) is 0 Å². The molecule has 0 aliphatic carbocycles. The zero-order valence-corrected chi connectivity index (χ0v) is 1.99. The molecule has 4 heavy (non-hydrogen) atoms. The van der Waals surface area contributed by atoms with Crippen LogP contribution < -0.4 is 4.90 Å². The maximum Gasteiger partial charge on any atom is 0.591 e. The highest BCUT2D eigenvalue weighted by molar-refractivity contribution is 5.94. The summed E-state index contributed by atoms with van der Waals surface area (Å²) >= 11 is 0. The Morgan fingerprint density at radius 1 is 2.00 bits per heavy atom. The van der Waals surface area contributed by atoms with Crippen molar-refractivity contribution in [3.8, 4) is 0 Å². The lowest BCUT2D eigenvalue weighted by atomic mass is 10.5. The van der Waals surface area contributed by atoms with E-state index in [9.17, 15) is 0 Å². The van der Waals surface area contributed by atoms with Gasteiger partial charge in [-0.3, -0.25) is 0 Å². The molecule has 2 radical (unpaired) electrons. The first kappa shape index (κ1) is 3.44. The third kappa shape index (κ3) is 1.44. The quantitative estimate of drug-likeness (QED) is 0.185. The fourth-order valence-corrected chi connectivity index (χ4v) is 0. The van der Waals surface area contributed by atoms with Crippen molar-refractivity contribution in [2.24, 2.45) is 0 Å². The molecule has 0 fully saturated rings. The second-order valence-electron chi connectivity index (χ2n) is 0.246. The van der Waals surface area contributed by atoms with Gasteiger partial charge in [-0.05, 0) is 0 Å². The van der Waals surface area contributed by atoms with Crippen LogP contribution in [-0.2, 0) is 4.79 Å². The Morgan fingerprint density at radius 3 is 2.25 bits per heavy atom. The average Bonchev–Trinajstić information content (AvgIpc) is 1.37. The van der Waals surface area contributed by atoms with Gasteiger partial charge < -0.3 is 0 Å². The van der Waals surface area contributed by atoms with E-state index in [0.717, 1.165) is 0 Å². The summed E-state index contributed by atoms with van der Waals surface area (Å²) in [7, 11) is 4.35. The van der Waals surface area contributed by atoms with E-state index in [1.54, 1.807) is 4.90 Å². The first-order valence-electron chi connectivity index (χ1n) is 0.743. The summed E-state index contributed by atoms with van der Waals surface area (Å²) in [5.74, 6) is 0. The molecule has 0 aromatic carbocycles. The highest BCUT2D eigenvalue weighted by atomic mass is 16.1. The lowest BCUT2D eigenvalue weighted by Crippen LogP contribution is -2.63. The largest absolute Gasteiger partial charge is 0.591 e. The summed E-state index contributed by atoms with van der Waals surface area (Å²) in [4.78, 5) is 10.4. The fourth-order valence-electron chi connectivity index (χ4n) is 0. The molecule has 0 aromatic heterocycles. The van der Waals surface area contributed by atoms with Crippen molar-refractivity contribution in [1.29, 1.82) is 0 Å². The minimum Gasteiger partial charge on any atom is -0.250 e. The Morgan fingerprint density at radius 2 is 2.25 bits per heavy atom. The Kier molecular flexibility index (Phi) is 2.11. The van der Waals surface area contributed by atoms with Crippen LogP contribution in [0.15, 0.2) is 0 Å². The second-order valence-corrected chi connectivity index (χ2v) is 0.246. The van der Waals surface area contributed by atoms with Crippen LogP contribution in [0.4, 0.5) is 0 Å². The number of rotatable bonds is 0. The summed E-state index contributed by atoms with van der Waals surface area (Å²) < 4.78 is 0. The maximum atomic E-state index is 8.81. The minimum atomic E-state index is 1.21. The van der Waals surface area contributed by atoms with Gasteiger partial charge in [-0.2, -0.15) is 4.79 Å². The van der Waals surface area contributed by atoms with E-state index >= 15 is 0 Å². The van der Waals surface area contributed by atoms with Crippen molar-refractivity contribution in [2.45, 2.75) is 0 Å². The van der Waals surface area contributed by atoms with Crippen molar-refractivity contribution in [2.75, 3.05) is 0 Å². The molecule has 0 spiro atoms. The van der Waals surface area contributed by atoms with E-state index < -0.39 is 0 Å². The third-order valence-electron chi connectivity index (χ3n) is 0.0589. The van der Waals surface area contributed by atoms with Gasteiger partial charge >= 0.3 is 14.1 Å². The smallest absolute Gasteiger partial charge is 0.250 e. The molecule has 0 aliphatic rings. The predicted octanol–water partition coefficient (Wildman–Crippen LogP) is -2.51. The van der Waals surface area contributed by atoms with Crippen molar-refractivity contribution in [3.05, 3.63) is 0 Å². The molecule has 2 nitrogen and oxygen atoms in total. The topological polar surface area (TPSA) is 31.0 Å². The van der Waals surface area contributed by atoms with E-state index in [2.05, 4.69) is 7.98 Å². The van der Waals surface area contributed by atoms with Gasteiger partial charge in [0.25, 0.3) is 0 Å². The molecule has 0 rings (SSSR count). The zero-order chi connectivity index (χ0) is 3.41. The number of carbonyl (C=O) groups excluding carboxylic acids is 1. The Hall–Kier alpha value is -0.555. The maximum absolute atomic E-state index is 8.81. The molecule has 0 bridgehead atoms. The van der Waals surface area contributed by atoms with Crippen LogP contribution in [0.1, 0.15) is 0 Å². The fraction of sp³-hybridized carbons (Fsp3) is 0. The molecule has 0 amide bonds. The van der Waals surface area contributed by atoms with Crippen molar-refractivity contribution < 1.29 is 9.70 Å². The number of hydrogen-bond donors (Lipinski definition) is 1. The normalized spacial score (nSPS) is 4.00. The van der Waals surface area contributed by atoms with E-state index in [4.69, 9.17) is 4.79 Å². The van der Waals surface area contributed by atoms with Crippen LogP contribution in [0, 0.1) is 0 Å². The number of hydrogen-bond acceptors (Lipinski definition) is 1. The van der Waals surface area contributed by atoms with Crippen molar-refractivity contribution in [3.63, 3.8) is 0 Å². The van der Waals surface area contributed by atoms with Crippen molar-refractivity contribution >= 4 is 14.1 Å². The number of isocyanates is 1. The summed E-state index contributed by atoms with van der Waals surface area (Å²) in [6.45, 7) is 0. The molecule has 0 atom stereocenters. The van der Waals surface area contributed by atoms with Crippen LogP contribution in [0.25, 0.3) is 0 Å². The Balaban J connectivity index is 3.11. The second kappa shape index (κ2) is 2.44. The van der Waals surface area contributed by atoms with Crippen LogP contribution in [0.3, 0.4) is 0 Å². The monoisotopic (exact) mass is 54.0 g/mol. The molecular formula is CHBNO+. The first-order chi connectivity index (χ1) is 1.91. The summed E-state index contributed by atoms with van der Waals surface area (Å²) in [6, 6.07) is 0.